The molecule has 2 rings (SSSR count). The number of carbonyl (C=O) groups excluding carboxylic acids is 3. The van der Waals surface area contributed by atoms with E-state index >= 15 is 0 Å². The molecule has 0 bridgehead atoms. The molecule has 3 amide bonds. The Labute approximate surface area is 204 Å². The first-order valence-electron chi connectivity index (χ1n) is 11.7. The van der Waals surface area contributed by atoms with Gasteiger partial charge in [-0.1, -0.05) is 44.2 Å². The molecule has 1 aliphatic rings. The minimum atomic E-state index is -1.18. The van der Waals surface area contributed by atoms with Gasteiger partial charge in [-0.2, -0.15) is 0 Å². The van der Waals surface area contributed by atoms with Gasteiger partial charge in [0.2, 0.25) is 17.7 Å². The highest BCUT2D eigenvalue weighted by atomic mass is 16.4. The number of hydrogen-bond donors (Lipinski definition) is 5. The van der Waals surface area contributed by atoms with Crippen molar-refractivity contribution in [3.8, 4) is 0 Å². The highest BCUT2D eigenvalue weighted by Crippen LogP contribution is 2.21. The van der Waals surface area contributed by atoms with Crippen LogP contribution >= 0.6 is 0 Å². The summed E-state index contributed by atoms with van der Waals surface area (Å²) in [6.45, 7) is 3.76. The van der Waals surface area contributed by atoms with Gasteiger partial charge in [-0.3, -0.25) is 19.2 Å². The Hall–Kier alpha value is -3.47. The number of carboxylic acids is 2. The summed E-state index contributed by atoms with van der Waals surface area (Å²) in [4.78, 5) is 62.6. The predicted octanol–water partition coefficient (Wildman–Crippen LogP) is 0.122. The number of hydrogen-bond acceptors (Lipinski definition) is 6. The Kier molecular flexibility index (Phi) is 10.2. The highest BCUT2D eigenvalue weighted by Gasteiger charge is 2.40. The summed E-state index contributed by atoms with van der Waals surface area (Å²) in [5, 5.41) is 23.5. The quantitative estimate of drug-likeness (QED) is 0.274. The summed E-state index contributed by atoms with van der Waals surface area (Å²) in [5.74, 6) is -4.26. The molecule has 4 unspecified atom stereocenters. The number of benzene rings is 1. The molecule has 1 aliphatic heterocycles. The summed E-state index contributed by atoms with van der Waals surface area (Å²) in [7, 11) is 0. The van der Waals surface area contributed by atoms with Crippen molar-refractivity contribution < 1.29 is 34.2 Å². The van der Waals surface area contributed by atoms with Crippen molar-refractivity contribution in [2.75, 3.05) is 6.54 Å². The maximum Gasteiger partial charge on any atom is 0.326 e. The van der Waals surface area contributed by atoms with Crippen molar-refractivity contribution in [3.63, 3.8) is 0 Å². The van der Waals surface area contributed by atoms with Gasteiger partial charge in [0.1, 0.15) is 18.1 Å². The molecule has 1 aromatic rings. The second-order valence-electron chi connectivity index (χ2n) is 9.05. The number of carbonyl (C=O) groups is 5. The van der Waals surface area contributed by atoms with Crippen molar-refractivity contribution >= 4 is 29.7 Å². The summed E-state index contributed by atoms with van der Waals surface area (Å²) in [6, 6.07) is 4.83. The van der Waals surface area contributed by atoms with Gasteiger partial charge in [-0.25, -0.2) is 4.79 Å². The largest absolute Gasteiger partial charge is 0.481 e. The number of nitrogens with zero attached hydrogens (tertiary/aromatic N) is 1. The molecule has 11 heteroatoms. The third-order valence-electron chi connectivity index (χ3n) is 5.97. The van der Waals surface area contributed by atoms with Crippen LogP contribution in [-0.2, 0) is 30.4 Å². The molecule has 1 fully saturated rings. The maximum atomic E-state index is 13.3. The monoisotopic (exact) mass is 490 g/mol. The molecule has 0 spiro atoms. The smallest absolute Gasteiger partial charge is 0.326 e. The Morgan fingerprint density at radius 3 is 2.31 bits per heavy atom. The van der Waals surface area contributed by atoms with E-state index in [0.717, 1.165) is 5.56 Å². The van der Waals surface area contributed by atoms with E-state index in [9.17, 15) is 29.1 Å². The lowest BCUT2D eigenvalue weighted by Crippen LogP contribution is -2.58. The molecular weight excluding hydrogens is 456 g/mol. The number of amides is 3. The van der Waals surface area contributed by atoms with Crippen LogP contribution in [0.1, 0.15) is 45.1 Å². The molecule has 0 aromatic heterocycles. The normalized spacial score (nSPS) is 17.9. The summed E-state index contributed by atoms with van der Waals surface area (Å²) in [5.41, 5.74) is 6.52. The van der Waals surface area contributed by atoms with E-state index in [-0.39, 0.29) is 31.7 Å². The van der Waals surface area contributed by atoms with Crippen LogP contribution in [0.5, 0.6) is 0 Å². The van der Waals surface area contributed by atoms with Crippen LogP contribution in [0.2, 0.25) is 0 Å². The number of nitrogens with two attached hydrogens (primary N) is 1. The number of aliphatic carboxylic acids is 2. The van der Waals surface area contributed by atoms with Crippen molar-refractivity contribution in [2.24, 2.45) is 11.7 Å². The fourth-order valence-electron chi connectivity index (χ4n) is 3.98. The average Bonchev–Trinajstić information content (AvgIpc) is 3.30. The number of nitrogens with one attached hydrogen (secondary N) is 2. The van der Waals surface area contributed by atoms with E-state index < -0.39 is 53.8 Å². The summed E-state index contributed by atoms with van der Waals surface area (Å²) < 4.78 is 0. The van der Waals surface area contributed by atoms with E-state index in [1.807, 2.05) is 6.07 Å². The van der Waals surface area contributed by atoms with Crippen LogP contribution < -0.4 is 16.4 Å². The molecule has 35 heavy (non-hydrogen) atoms. The summed E-state index contributed by atoms with van der Waals surface area (Å²) >= 11 is 0. The lowest BCUT2D eigenvalue weighted by molar-refractivity contribution is -0.145. The van der Waals surface area contributed by atoms with Crippen LogP contribution in [-0.4, -0.2) is 75.5 Å². The zero-order chi connectivity index (χ0) is 26.1. The van der Waals surface area contributed by atoms with Gasteiger partial charge in [0.05, 0.1) is 6.04 Å². The number of likely N-dealkylation sites (tertiary alicyclic amines) is 1. The molecule has 1 aromatic carbocycles. The number of rotatable bonds is 12. The molecule has 0 aliphatic carbocycles. The van der Waals surface area contributed by atoms with Gasteiger partial charge < -0.3 is 31.5 Å². The maximum absolute atomic E-state index is 13.3. The van der Waals surface area contributed by atoms with Crippen molar-refractivity contribution in [1.29, 1.82) is 0 Å². The van der Waals surface area contributed by atoms with Gasteiger partial charge in [0.15, 0.2) is 0 Å². The zero-order valence-corrected chi connectivity index (χ0v) is 20.0. The fourth-order valence-corrected chi connectivity index (χ4v) is 3.98. The molecule has 0 radical (unpaired) electrons. The Morgan fingerprint density at radius 1 is 1.09 bits per heavy atom. The van der Waals surface area contributed by atoms with Gasteiger partial charge >= 0.3 is 11.9 Å². The summed E-state index contributed by atoms with van der Waals surface area (Å²) in [6.07, 6.45) is 0.661. The van der Waals surface area contributed by atoms with Crippen molar-refractivity contribution in [2.45, 2.75) is 70.1 Å². The third kappa shape index (κ3) is 8.06. The van der Waals surface area contributed by atoms with Gasteiger partial charge in [0, 0.05) is 19.4 Å². The van der Waals surface area contributed by atoms with Crippen LogP contribution in [0.25, 0.3) is 0 Å². The van der Waals surface area contributed by atoms with Crippen LogP contribution in [0, 0.1) is 5.92 Å². The minimum absolute atomic E-state index is 0.0765. The van der Waals surface area contributed by atoms with Crippen LogP contribution in [0.15, 0.2) is 30.3 Å². The predicted molar refractivity (Wildman–Crippen MR) is 126 cm³/mol. The second kappa shape index (κ2) is 12.8. The van der Waals surface area contributed by atoms with E-state index in [0.29, 0.717) is 12.8 Å². The molecule has 6 N–H and O–H groups in total. The standard InChI is InChI=1S/C24H34N4O7/c1-14(2)20(27-21(31)16(25)10-11-19(29)30)23(33)28-12-6-9-18(28)22(32)26-17(24(34)35)13-15-7-4-3-5-8-15/h3-5,7-8,14,16-18,20H,6,9-13,25H2,1-2H3,(H,26,32)(H,27,31)(H,29,30)(H,34,35). The fraction of sp³-hybridized carbons (Fsp3) is 0.542. The second-order valence-corrected chi connectivity index (χ2v) is 9.05. The Bertz CT molecular complexity index is 922. The zero-order valence-electron chi connectivity index (χ0n) is 20.0. The van der Waals surface area contributed by atoms with Gasteiger partial charge in [0.25, 0.3) is 0 Å². The molecule has 192 valence electrons. The Morgan fingerprint density at radius 2 is 1.74 bits per heavy atom. The van der Waals surface area contributed by atoms with E-state index in [1.54, 1.807) is 38.1 Å². The first kappa shape index (κ1) is 27.8. The van der Waals surface area contributed by atoms with Crippen LogP contribution in [0.4, 0.5) is 0 Å². The van der Waals surface area contributed by atoms with E-state index in [1.165, 1.54) is 4.90 Å². The lowest BCUT2D eigenvalue weighted by Gasteiger charge is -2.31. The third-order valence-corrected chi connectivity index (χ3v) is 5.97. The van der Waals surface area contributed by atoms with Crippen molar-refractivity contribution in [3.05, 3.63) is 35.9 Å². The average molecular weight is 491 g/mol. The molecule has 1 saturated heterocycles. The molecular formula is C24H34N4O7. The highest BCUT2D eigenvalue weighted by molar-refractivity contribution is 5.94. The first-order chi connectivity index (χ1) is 16.5. The SMILES string of the molecule is CC(C)C(NC(=O)C(N)CCC(=O)O)C(=O)N1CCCC1C(=O)NC(Cc1ccccc1)C(=O)O. The van der Waals surface area contributed by atoms with E-state index in [4.69, 9.17) is 10.8 Å². The number of carboxylic acid groups (broad SMARTS) is 2. The first-order valence-corrected chi connectivity index (χ1v) is 11.7. The van der Waals surface area contributed by atoms with E-state index in [2.05, 4.69) is 10.6 Å². The Balaban J connectivity index is 2.08. The van der Waals surface area contributed by atoms with Crippen LogP contribution in [0.3, 0.4) is 0 Å². The van der Waals surface area contributed by atoms with Gasteiger partial charge in [-0.15, -0.1) is 0 Å². The molecule has 11 nitrogen and oxygen atoms in total. The minimum Gasteiger partial charge on any atom is -0.481 e. The topological polar surface area (TPSA) is 179 Å². The van der Waals surface area contributed by atoms with Gasteiger partial charge in [-0.05, 0) is 30.7 Å². The molecule has 1 heterocycles. The lowest BCUT2D eigenvalue weighted by atomic mass is 10.0. The molecule has 0 saturated carbocycles. The van der Waals surface area contributed by atoms with Crippen molar-refractivity contribution in [1.82, 2.24) is 15.5 Å². The molecule has 4 atom stereocenters.